The van der Waals surface area contributed by atoms with Crippen molar-refractivity contribution in [2.45, 2.75) is 39.2 Å². The number of nitrogens with one attached hydrogen (secondary N) is 2. The van der Waals surface area contributed by atoms with Gasteiger partial charge in [-0.3, -0.25) is 9.59 Å². The van der Waals surface area contributed by atoms with Gasteiger partial charge in [0.15, 0.2) is 0 Å². The normalized spacial score (nSPS) is 20.1. The van der Waals surface area contributed by atoms with E-state index in [2.05, 4.69) is 10.6 Å². The number of nitrogens with two attached hydrogens (primary N) is 1. The molecule has 0 radical (unpaired) electrons. The van der Waals surface area contributed by atoms with Crippen LogP contribution in [-0.4, -0.2) is 24.4 Å². The zero-order chi connectivity index (χ0) is 15.4. The van der Waals surface area contributed by atoms with Crippen LogP contribution in [0.5, 0.6) is 0 Å². The Morgan fingerprint density at radius 2 is 1.86 bits per heavy atom. The number of benzene rings is 1. The Hall–Kier alpha value is -1.59. The number of halogens is 1. The highest BCUT2D eigenvalue weighted by molar-refractivity contribution is 5.96. The summed E-state index contributed by atoms with van der Waals surface area (Å²) in [5.41, 5.74) is 8.64. The quantitative estimate of drug-likeness (QED) is 0.790. The van der Waals surface area contributed by atoms with Gasteiger partial charge >= 0.3 is 0 Å². The second-order valence-electron chi connectivity index (χ2n) is 5.80. The van der Waals surface area contributed by atoms with Gasteiger partial charge in [0.2, 0.25) is 11.8 Å². The lowest BCUT2D eigenvalue weighted by Crippen LogP contribution is -2.36. The largest absolute Gasteiger partial charge is 0.347 e. The zero-order valence-corrected chi connectivity index (χ0v) is 13.8. The fraction of sp³-hybridized carbons (Fsp3) is 0.500. The first-order valence-electron chi connectivity index (χ1n) is 7.36. The van der Waals surface area contributed by atoms with Crippen molar-refractivity contribution in [3.8, 4) is 0 Å². The van der Waals surface area contributed by atoms with Crippen molar-refractivity contribution in [2.24, 2.45) is 11.7 Å². The second kappa shape index (κ2) is 8.15. The van der Waals surface area contributed by atoms with Crippen molar-refractivity contribution in [1.29, 1.82) is 0 Å². The number of aryl methyl sites for hydroxylation is 2. The average molecular weight is 326 g/mol. The fourth-order valence-corrected chi connectivity index (χ4v) is 2.76. The predicted octanol–water partition coefficient (Wildman–Crippen LogP) is 1.91. The van der Waals surface area contributed by atoms with E-state index in [1.807, 2.05) is 32.0 Å². The Morgan fingerprint density at radius 3 is 2.41 bits per heavy atom. The van der Waals surface area contributed by atoms with Crippen molar-refractivity contribution in [3.05, 3.63) is 29.3 Å². The van der Waals surface area contributed by atoms with Crippen molar-refractivity contribution in [1.82, 2.24) is 5.32 Å². The molecule has 1 fully saturated rings. The van der Waals surface area contributed by atoms with Gasteiger partial charge in [0.1, 0.15) is 0 Å². The topological polar surface area (TPSA) is 84.2 Å². The monoisotopic (exact) mass is 325 g/mol. The van der Waals surface area contributed by atoms with Gasteiger partial charge < -0.3 is 16.4 Å². The number of carbonyl (C=O) groups excluding carboxylic acids is 2. The highest BCUT2D eigenvalue weighted by Gasteiger charge is 2.27. The maximum atomic E-state index is 12.0. The molecule has 0 bridgehead atoms. The minimum Gasteiger partial charge on any atom is -0.347 e. The first-order chi connectivity index (χ1) is 9.97. The minimum atomic E-state index is -0.206. The van der Waals surface area contributed by atoms with Gasteiger partial charge in [-0.05, 0) is 44.2 Å². The number of carbonyl (C=O) groups is 2. The van der Waals surface area contributed by atoms with Gasteiger partial charge in [-0.1, -0.05) is 18.2 Å². The molecule has 1 aromatic rings. The lowest BCUT2D eigenvalue weighted by Gasteiger charge is -2.13. The standard InChI is InChI=1S/C16H23N3O2.ClH/c1-10-4-3-5-11(2)15(10)19-14(20)9-18-16(21)12-6-7-13(17)8-12;/h3-5,12-13H,6-9,17H2,1-2H3,(H,18,21)(H,19,20);1H. The maximum Gasteiger partial charge on any atom is 0.243 e. The summed E-state index contributed by atoms with van der Waals surface area (Å²) in [4.78, 5) is 23.9. The van der Waals surface area contributed by atoms with Crippen LogP contribution in [0.2, 0.25) is 0 Å². The molecule has 1 aromatic carbocycles. The van der Waals surface area contributed by atoms with Crippen molar-refractivity contribution in [3.63, 3.8) is 0 Å². The number of hydrogen-bond acceptors (Lipinski definition) is 3. The Bertz CT molecular complexity index is 528. The van der Waals surface area contributed by atoms with Crippen LogP contribution in [0.3, 0.4) is 0 Å². The molecule has 1 saturated carbocycles. The lowest BCUT2D eigenvalue weighted by atomic mass is 10.1. The molecule has 1 aliphatic carbocycles. The van der Waals surface area contributed by atoms with E-state index >= 15 is 0 Å². The van der Waals surface area contributed by atoms with Crippen LogP contribution >= 0.6 is 12.4 Å². The Labute approximate surface area is 137 Å². The van der Waals surface area contributed by atoms with E-state index in [4.69, 9.17) is 5.73 Å². The molecule has 2 rings (SSSR count). The number of rotatable bonds is 4. The fourth-order valence-electron chi connectivity index (χ4n) is 2.76. The molecule has 0 aliphatic heterocycles. The third-order valence-corrected chi connectivity index (χ3v) is 4.01. The molecule has 22 heavy (non-hydrogen) atoms. The van der Waals surface area contributed by atoms with Gasteiger partial charge in [-0.2, -0.15) is 0 Å². The summed E-state index contributed by atoms with van der Waals surface area (Å²) in [7, 11) is 0. The van der Waals surface area contributed by atoms with E-state index in [9.17, 15) is 9.59 Å². The van der Waals surface area contributed by atoms with Crippen molar-refractivity contribution < 1.29 is 9.59 Å². The predicted molar refractivity (Wildman–Crippen MR) is 90.1 cm³/mol. The Kier molecular flexibility index (Phi) is 6.84. The van der Waals surface area contributed by atoms with Gasteiger partial charge in [0.25, 0.3) is 0 Å². The third-order valence-electron chi connectivity index (χ3n) is 4.01. The van der Waals surface area contributed by atoms with Crippen LogP contribution < -0.4 is 16.4 Å². The van der Waals surface area contributed by atoms with Crippen LogP contribution in [0.25, 0.3) is 0 Å². The molecule has 2 unspecified atom stereocenters. The first kappa shape index (κ1) is 18.5. The van der Waals surface area contributed by atoms with E-state index in [-0.39, 0.29) is 42.7 Å². The molecule has 0 heterocycles. The lowest BCUT2D eigenvalue weighted by molar-refractivity contribution is -0.127. The highest BCUT2D eigenvalue weighted by Crippen LogP contribution is 2.24. The Morgan fingerprint density at radius 1 is 1.23 bits per heavy atom. The molecule has 0 aromatic heterocycles. The third kappa shape index (κ3) is 4.71. The van der Waals surface area contributed by atoms with Crippen LogP contribution in [0.1, 0.15) is 30.4 Å². The number of amides is 2. The summed E-state index contributed by atoms with van der Waals surface area (Å²) in [5, 5.41) is 5.55. The number of para-hydroxylation sites is 1. The molecule has 1 aliphatic rings. The SMILES string of the molecule is Cc1cccc(C)c1NC(=O)CNC(=O)C1CCC(N)C1.Cl. The highest BCUT2D eigenvalue weighted by atomic mass is 35.5. The van der Waals surface area contributed by atoms with E-state index in [1.165, 1.54) is 0 Å². The summed E-state index contributed by atoms with van der Waals surface area (Å²) >= 11 is 0. The molecule has 4 N–H and O–H groups in total. The number of anilines is 1. The van der Waals surface area contributed by atoms with Crippen LogP contribution in [0.15, 0.2) is 18.2 Å². The van der Waals surface area contributed by atoms with Crippen LogP contribution in [0.4, 0.5) is 5.69 Å². The van der Waals surface area contributed by atoms with Gasteiger partial charge in [0, 0.05) is 17.6 Å². The minimum absolute atomic E-state index is 0. The summed E-state index contributed by atoms with van der Waals surface area (Å²) in [6.07, 6.45) is 2.41. The summed E-state index contributed by atoms with van der Waals surface area (Å²) in [5.74, 6) is -0.323. The van der Waals surface area contributed by atoms with Crippen LogP contribution in [-0.2, 0) is 9.59 Å². The summed E-state index contributed by atoms with van der Waals surface area (Å²) < 4.78 is 0. The van der Waals surface area contributed by atoms with E-state index < -0.39 is 0 Å². The van der Waals surface area contributed by atoms with Crippen molar-refractivity contribution in [2.75, 3.05) is 11.9 Å². The molecule has 5 nitrogen and oxygen atoms in total. The first-order valence-corrected chi connectivity index (χ1v) is 7.36. The van der Waals surface area contributed by atoms with Crippen LogP contribution in [0, 0.1) is 19.8 Å². The molecule has 2 amide bonds. The molecule has 0 spiro atoms. The van der Waals surface area contributed by atoms with Gasteiger partial charge in [-0.25, -0.2) is 0 Å². The molecule has 122 valence electrons. The molecule has 2 atom stereocenters. The zero-order valence-electron chi connectivity index (χ0n) is 13.0. The average Bonchev–Trinajstić information content (AvgIpc) is 2.87. The van der Waals surface area contributed by atoms with Gasteiger partial charge in [0.05, 0.1) is 6.54 Å². The number of hydrogen-bond donors (Lipinski definition) is 3. The molecular weight excluding hydrogens is 302 g/mol. The second-order valence-corrected chi connectivity index (χ2v) is 5.80. The smallest absolute Gasteiger partial charge is 0.243 e. The summed E-state index contributed by atoms with van der Waals surface area (Å²) in [6, 6.07) is 5.96. The van der Waals surface area contributed by atoms with E-state index in [0.29, 0.717) is 6.42 Å². The van der Waals surface area contributed by atoms with Crippen molar-refractivity contribution >= 4 is 29.9 Å². The summed E-state index contributed by atoms with van der Waals surface area (Å²) in [6.45, 7) is 3.89. The molecule has 0 saturated heterocycles. The molecule has 6 heteroatoms. The maximum absolute atomic E-state index is 12.0. The Balaban J connectivity index is 0.00000242. The van der Waals surface area contributed by atoms with E-state index in [0.717, 1.165) is 29.7 Å². The van der Waals surface area contributed by atoms with E-state index in [1.54, 1.807) is 0 Å². The van der Waals surface area contributed by atoms with Gasteiger partial charge in [-0.15, -0.1) is 12.4 Å². The molecular formula is C16H24ClN3O2.